The lowest BCUT2D eigenvalue weighted by Gasteiger charge is -2.09. The van der Waals surface area contributed by atoms with Crippen molar-refractivity contribution in [3.63, 3.8) is 0 Å². The molecule has 0 spiro atoms. The molecule has 1 amide bonds. The highest BCUT2D eigenvalue weighted by Gasteiger charge is 2.03. The number of carbonyl (C=O) groups excluding carboxylic acids is 1. The number of nitrogens with one attached hydrogen (secondary N) is 1. The Morgan fingerprint density at radius 3 is 2.48 bits per heavy atom. The molecule has 0 aliphatic carbocycles. The number of amides is 1. The zero-order valence-electron chi connectivity index (χ0n) is 13.5. The maximum absolute atomic E-state index is 11.8. The standard InChI is InChI=1S/C19H23NO3/c1-2-22-17-11-6-12-18(14-17)23-15-19(21)20-13-7-10-16-8-4-3-5-9-16/h3-6,8-9,11-12,14H,2,7,10,13,15H2,1H3,(H,20,21). The lowest BCUT2D eigenvalue weighted by atomic mass is 10.1. The van der Waals surface area contributed by atoms with Gasteiger partial charge >= 0.3 is 0 Å². The van der Waals surface area contributed by atoms with Gasteiger partial charge in [-0.15, -0.1) is 0 Å². The van der Waals surface area contributed by atoms with Gasteiger partial charge in [-0.05, 0) is 37.5 Å². The lowest BCUT2D eigenvalue weighted by Crippen LogP contribution is -2.29. The molecule has 23 heavy (non-hydrogen) atoms. The quantitative estimate of drug-likeness (QED) is 0.723. The molecule has 0 atom stereocenters. The SMILES string of the molecule is CCOc1cccc(OCC(=O)NCCCc2ccccc2)c1. The van der Waals surface area contributed by atoms with Crippen LogP contribution in [0.1, 0.15) is 18.9 Å². The van der Waals surface area contributed by atoms with Gasteiger partial charge < -0.3 is 14.8 Å². The summed E-state index contributed by atoms with van der Waals surface area (Å²) in [5.41, 5.74) is 1.28. The molecule has 2 rings (SSSR count). The Hall–Kier alpha value is -2.49. The highest BCUT2D eigenvalue weighted by atomic mass is 16.5. The van der Waals surface area contributed by atoms with Crippen LogP contribution in [-0.2, 0) is 11.2 Å². The van der Waals surface area contributed by atoms with Crippen LogP contribution >= 0.6 is 0 Å². The van der Waals surface area contributed by atoms with E-state index in [0.717, 1.165) is 18.6 Å². The van der Waals surface area contributed by atoms with Crippen molar-refractivity contribution in [1.29, 1.82) is 0 Å². The molecule has 4 nitrogen and oxygen atoms in total. The van der Waals surface area contributed by atoms with Crippen molar-refractivity contribution in [1.82, 2.24) is 5.32 Å². The zero-order chi connectivity index (χ0) is 16.3. The van der Waals surface area contributed by atoms with Crippen molar-refractivity contribution in [3.05, 3.63) is 60.2 Å². The Morgan fingerprint density at radius 2 is 1.74 bits per heavy atom. The molecule has 0 radical (unpaired) electrons. The van der Waals surface area contributed by atoms with Crippen molar-refractivity contribution in [2.24, 2.45) is 0 Å². The molecule has 122 valence electrons. The maximum atomic E-state index is 11.8. The van der Waals surface area contributed by atoms with Gasteiger partial charge in [0.05, 0.1) is 6.61 Å². The van der Waals surface area contributed by atoms with Crippen molar-refractivity contribution < 1.29 is 14.3 Å². The van der Waals surface area contributed by atoms with Crippen LogP contribution in [0.25, 0.3) is 0 Å². The molecule has 0 unspecified atom stereocenters. The van der Waals surface area contributed by atoms with Crippen molar-refractivity contribution in [3.8, 4) is 11.5 Å². The van der Waals surface area contributed by atoms with Crippen molar-refractivity contribution >= 4 is 5.91 Å². The topological polar surface area (TPSA) is 47.6 Å². The Bertz CT molecular complexity index is 599. The highest BCUT2D eigenvalue weighted by Crippen LogP contribution is 2.19. The smallest absolute Gasteiger partial charge is 0.257 e. The van der Waals surface area contributed by atoms with E-state index < -0.39 is 0 Å². The first-order valence-electron chi connectivity index (χ1n) is 7.94. The number of hydrogen-bond donors (Lipinski definition) is 1. The van der Waals surface area contributed by atoms with Crippen LogP contribution in [0.15, 0.2) is 54.6 Å². The van der Waals surface area contributed by atoms with Gasteiger partial charge in [-0.25, -0.2) is 0 Å². The summed E-state index contributed by atoms with van der Waals surface area (Å²) in [6.07, 6.45) is 1.87. The predicted molar refractivity (Wildman–Crippen MR) is 90.9 cm³/mol. The summed E-state index contributed by atoms with van der Waals surface area (Å²) >= 11 is 0. The molecule has 0 bridgehead atoms. The van der Waals surface area contributed by atoms with E-state index in [4.69, 9.17) is 9.47 Å². The Balaban J connectivity index is 1.64. The first-order valence-corrected chi connectivity index (χ1v) is 7.94. The summed E-state index contributed by atoms with van der Waals surface area (Å²) in [4.78, 5) is 11.8. The monoisotopic (exact) mass is 313 g/mol. The Kier molecular flexibility index (Phi) is 6.98. The molecule has 0 aliphatic rings. The van der Waals surface area contributed by atoms with Gasteiger partial charge in [-0.2, -0.15) is 0 Å². The van der Waals surface area contributed by atoms with Crippen LogP contribution < -0.4 is 14.8 Å². The fourth-order valence-corrected chi connectivity index (χ4v) is 2.19. The fraction of sp³-hybridized carbons (Fsp3) is 0.316. The van der Waals surface area contributed by atoms with E-state index in [1.54, 1.807) is 6.07 Å². The molecule has 0 fully saturated rings. The number of aryl methyl sites for hydroxylation is 1. The van der Waals surface area contributed by atoms with Crippen molar-refractivity contribution in [2.75, 3.05) is 19.8 Å². The lowest BCUT2D eigenvalue weighted by molar-refractivity contribution is -0.123. The molecule has 0 aromatic heterocycles. The second-order valence-electron chi connectivity index (χ2n) is 5.14. The highest BCUT2D eigenvalue weighted by molar-refractivity contribution is 5.77. The number of rotatable bonds is 9. The second-order valence-corrected chi connectivity index (χ2v) is 5.14. The third-order valence-corrected chi connectivity index (χ3v) is 3.29. The minimum absolute atomic E-state index is 0.0148. The molecule has 1 N–H and O–H groups in total. The van der Waals surface area contributed by atoms with Crippen LogP contribution in [0, 0.1) is 0 Å². The van der Waals surface area contributed by atoms with E-state index in [2.05, 4.69) is 17.4 Å². The molecule has 0 heterocycles. The number of carbonyl (C=O) groups is 1. The van der Waals surface area contributed by atoms with Gasteiger partial charge in [-0.3, -0.25) is 4.79 Å². The predicted octanol–water partition coefficient (Wildman–Crippen LogP) is 3.21. The minimum Gasteiger partial charge on any atom is -0.494 e. The average molecular weight is 313 g/mol. The molecule has 2 aromatic rings. The molecule has 0 saturated heterocycles. The minimum atomic E-state index is -0.111. The number of hydrogen-bond acceptors (Lipinski definition) is 3. The molecule has 0 aliphatic heterocycles. The normalized spacial score (nSPS) is 10.1. The van der Waals surface area contributed by atoms with E-state index in [9.17, 15) is 4.79 Å². The summed E-state index contributed by atoms with van der Waals surface area (Å²) < 4.78 is 10.9. The van der Waals surface area contributed by atoms with E-state index in [1.807, 2.05) is 43.3 Å². The van der Waals surface area contributed by atoms with E-state index in [1.165, 1.54) is 5.56 Å². The maximum Gasteiger partial charge on any atom is 0.257 e. The Labute approximate surface area is 137 Å². The van der Waals surface area contributed by atoms with Gasteiger partial charge in [-0.1, -0.05) is 36.4 Å². The van der Waals surface area contributed by atoms with E-state index in [0.29, 0.717) is 18.9 Å². The summed E-state index contributed by atoms with van der Waals surface area (Å²) in [6.45, 7) is 3.19. The van der Waals surface area contributed by atoms with Gasteiger partial charge in [0.2, 0.25) is 0 Å². The summed E-state index contributed by atoms with van der Waals surface area (Å²) in [6, 6.07) is 17.5. The first-order chi connectivity index (χ1) is 11.3. The van der Waals surface area contributed by atoms with Crippen molar-refractivity contribution in [2.45, 2.75) is 19.8 Å². The van der Waals surface area contributed by atoms with Crippen LogP contribution in [0.3, 0.4) is 0 Å². The third kappa shape index (κ3) is 6.43. The van der Waals surface area contributed by atoms with Crippen LogP contribution in [0.2, 0.25) is 0 Å². The number of benzene rings is 2. The molecule has 0 saturated carbocycles. The molecular weight excluding hydrogens is 290 g/mol. The summed E-state index contributed by atoms with van der Waals surface area (Å²) in [5.74, 6) is 1.27. The third-order valence-electron chi connectivity index (χ3n) is 3.29. The summed E-state index contributed by atoms with van der Waals surface area (Å²) in [5, 5.41) is 2.87. The molecule has 4 heteroatoms. The van der Waals surface area contributed by atoms with Crippen LogP contribution in [0.4, 0.5) is 0 Å². The largest absolute Gasteiger partial charge is 0.494 e. The van der Waals surface area contributed by atoms with Crippen LogP contribution in [-0.4, -0.2) is 25.7 Å². The second kappa shape index (κ2) is 9.51. The summed E-state index contributed by atoms with van der Waals surface area (Å²) in [7, 11) is 0. The van der Waals surface area contributed by atoms with E-state index in [-0.39, 0.29) is 12.5 Å². The van der Waals surface area contributed by atoms with Gasteiger partial charge in [0.25, 0.3) is 5.91 Å². The average Bonchev–Trinajstić information content (AvgIpc) is 2.58. The molecule has 2 aromatic carbocycles. The van der Waals surface area contributed by atoms with Gasteiger partial charge in [0.1, 0.15) is 11.5 Å². The van der Waals surface area contributed by atoms with Gasteiger partial charge in [0, 0.05) is 12.6 Å². The Morgan fingerprint density at radius 1 is 1.00 bits per heavy atom. The zero-order valence-corrected chi connectivity index (χ0v) is 13.5. The molecular formula is C19H23NO3. The fourth-order valence-electron chi connectivity index (χ4n) is 2.19. The van der Waals surface area contributed by atoms with E-state index >= 15 is 0 Å². The first kappa shape index (κ1) is 16.9. The van der Waals surface area contributed by atoms with Crippen LogP contribution in [0.5, 0.6) is 11.5 Å². The number of ether oxygens (including phenoxy) is 2. The van der Waals surface area contributed by atoms with Gasteiger partial charge in [0.15, 0.2) is 6.61 Å².